The van der Waals surface area contributed by atoms with E-state index in [1.165, 1.54) is 18.1 Å². The molecule has 156 valence electrons. The van der Waals surface area contributed by atoms with Gasteiger partial charge in [-0.05, 0) is 53.7 Å². The van der Waals surface area contributed by atoms with Crippen LogP contribution in [0.3, 0.4) is 0 Å². The number of carbonyl (C=O) groups is 1. The lowest BCUT2D eigenvalue weighted by Crippen LogP contribution is -2.28. The number of anilines is 1. The number of nitrogens with zero attached hydrogens (tertiary/aromatic N) is 1. The van der Waals surface area contributed by atoms with Crippen molar-refractivity contribution in [3.8, 4) is 11.5 Å². The maximum Gasteiger partial charge on any atom is 0.271 e. The molecule has 1 N–H and O–H groups in total. The molecule has 31 heavy (non-hydrogen) atoms. The minimum Gasteiger partial charge on any atom is -0.495 e. The maximum atomic E-state index is 13.7. The first-order chi connectivity index (χ1) is 15.1. The van der Waals surface area contributed by atoms with Crippen molar-refractivity contribution in [2.75, 3.05) is 12.0 Å². The first kappa shape index (κ1) is 20.7. The second-order valence-corrected chi connectivity index (χ2v) is 7.71. The van der Waals surface area contributed by atoms with Crippen molar-refractivity contribution in [3.63, 3.8) is 0 Å². The molecular formula is C24H19FN2O3S. The Morgan fingerprint density at radius 2 is 1.74 bits per heavy atom. The maximum absolute atomic E-state index is 13.7. The lowest BCUT2D eigenvalue weighted by molar-refractivity contribution is -0.113. The summed E-state index contributed by atoms with van der Waals surface area (Å²) in [5.41, 5.74) is 1.81. The van der Waals surface area contributed by atoms with Crippen LogP contribution in [0.5, 0.6) is 11.5 Å². The smallest absolute Gasteiger partial charge is 0.271 e. The summed E-state index contributed by atoms with van der Waals surface area (Å²) in [6.45, 7) is 0.131. The van der Waals surface area contributed by atoms with Crippen molar-refractivity contribution >= 4 is 34.6 Å². The fourth-order valence-electron chi connectivity index (χ4n) is 3.11. The molecule has 1 fully saturated rings. The molecule has 0 atom stereocenters. The summed E-state index contributed by atoms with van der Waals surface area (Å²) in [5, 5.41) is 8.37. The first-order valence-corrected chi connectivity index (χ1v) is 10.3. The van der Waals surface area contributed by atoms with Gasteiger partial charge in [-0.3, -0.25) is 15.1 Å². The standard InChI is InChI=1S/C24H19FN2O3S/c1-29-21-9-5-4-8-20(21)27-23(28)22(31-24(27)26)14-16-10-12-18(13-11-16)30-15-17-6-2-3-7-19(17)25/h2-14,26H,15H2,1H3/b22-14+,26-24?. The third kappa shape index (κ3) is 4.46. The van der Waals surface area contributed by atoms with Crippen molar-refractivity contribution in [1.82, 2.24) is 0 Å². The number of halogens is 1. The Morgan fingerprint density at radius 1 is 1.03 bits per heavy atom. The molecule has 5 nitrogen and oxygen atoms in total. The van der Waals surface area contributed by atoms with Gasteiger partial charge < -0.3 is 9.47 Å². The zero-order valence-corrected chi connectivity index (χ0v) is 17.5. The summed E-state index contributed by atoms with van der Waals surface area (Å²) in [6, 6.07) is 20.7. The molecule has 0 radical (unpaired) electrons. The summed E-state index contributed by atoms with van der Waals surface area (Å²) < 4.78 is 24.7. The number of benzene rings is 3. The SMILES string of the molecule is COc1ccccc1N1C(=N)S/C(=C/c2ccc(OCc3ccccc3F)cc2)C1=O. The number of hydrogen-bond acceptors (Lipinski definition) is 5. The van der Waals surface area contributed by atoms with Gasteiger partial charge in [0.25, 0.3) is 5.91 Å². The molecule has 4 rings (SSSR count). The number of nitrogens with one attached hydrogen (secondary N) is 1. The van der Waals surface area contributed by atoms with Gasteiger partial charge in [0.15, 0.2) is 5.17 Å². The van der Waals surface area contributed by atoms with Crippen molar-refractivity contribution < 1.29 is 18.7 Å². The Bertz CT molecular complexity index is 1160. The normalized spacial score (nSPS) is 14.9. The van der Waals surface area contributed by atoms with E-state index in [1.807, 2.05) is 18.2 Å². The van der Waals surface area contributed by atoms with Crippen LogP contribution < -0.4 is 14.4 Å². The number of thioether (sulfide) groups is 1. The van der Waals surface area contributed by atoms with E-state index in [2.05, 4.69) is 0 Å². The molecule has 0 spiro atoms. The predicted molar refractivity (Wildman–Crippen MR) is 121 cm³/mol. The molecule has 7 heteroatoms. The average molecular weight is 434 g/mol. The van der Waals surface area contributed by atoms with Crippen LogP contribution in [0.15, 0.2) is 77.7 Å². The van der Waals surface area contributed by atoms with E-state index in [4.69, 9.17) is 14.9 Å². The highest BCUT2D eigenvalue weighted by atomic mass is 32.2. The van der Waals surface area contributed by atoms with Gasteiger partial charge in [0.2, 0.25) is 0 Å². The van der Waals surface area contributed by atoms with Crippen LogP contribution in [0.2, 0.25) is 0 Å². The summed E-state index contributed by atoms with van der Waals surface area (Å²) >= 11 is 1.10. The summed E-state index contributed by atoms with van der Waals surface area (Å²) in [7, 11) is 1.53. The molecule has 0 unspecified atom stereocenters. The summed E-state index contributed by atoms with van der Waals surface area (Å²) in [6.07, 6.45) is 1.73. The van der Waals surface area contributed by atoms with Gasteiger partial charge in [-0.1, -0.05) is 42.5 Å². The van der Waals surface area contributed by atoms with Crippen LogP contribution in [0.4, 0.5) is 10.1 Å². The van der Waals surface area contributed by atoms with Gasteiger partial charge in [-0.2, -0.15) is 0 Å². The minimum atomic E-state index is -0.303. The van der Waals surface area contributed by atoms with Crippen molar-refractivity contribution in [2.45, 2.75) is 6.61 Å². The van der Waals surface area contributed by atoms with Gasteiger partial charge >= 0.3 is 0 Å². The van der Waals surface area contributed by atoms with E-state index in [0.717, 1.165) is 17.3 Å². The molecule has 1 saturated heterocycles. The van der Waals surface area contributed by atoms with Crippen LogP contribution in [0.25, 0.3) is 6.08 Å². The lowest BCUT2D eigenvalue weighted by atomic mass is 10.2. The van der Waals surface area contributed by atoms with Gasteiger partial charge in [-0.15, -0.1) is 0 Å². The number of carbonyl (C=O) groups excluding carboxylic acids is 1. The van der Waals surface area contributed by atoms with Crippen molar-refractivity contribution in [1.29, 1.82) is 5.41 Å². The number of rotatable bonds is 6. The van der Waals surface area contributed by atoms with Crippen LogP contribution in [0.1, 0.15) is 11.1 Å². The fraction of sp³-hybridized carbons (Fsp3) is 0.0833. The quantitative estimate of drug-likeness (QED) is 0.523. The second kappa shape index (κ2) is 9.06. The zero-order valence-electron chi connectivity index (χ0n) is 16.7. The zero-order chi connectivity index (χ0) is 21.8. The number of ether oxygens (including phenoxy) is 2. The van der Waals surface area contributed by atoms with Gasteiger partial charge in [0.05, 0.1) is 17.7 Å². The van der Waals surface area contributed by atoms with Gasteiger partial charge in [0, 0.05) is 5.56 Å². The minimum absolute atomic E-state index is 0.116. The summed E-state index contributed by atoms with van der Waals surface area (Å²) in [5.74, 6) is 0.542. The topological polar surface area (TPSA) is 62.6 Å². The molecule has 3 aromatic rings. The number of amidine groups is 1. The average Bonchev–Trinajstić information content (AvgIpc) is 3.06. The Morgan fingerprint density at radius 3 is 2.48 bits per heavy atom. The van der Waals surface area contributed by atoms with Crippen molar-refractivity contribution in [2.24, 2.45) is 0 Å². The number of hydrogen-bond donors (Lipinski definition) is 1. The Kier molecular flexibility index (Phi) is 6.04. The van der Waals surface area contributed by atoms with Crippen LogP contribution in [-0.2, 0) is 11.4 Å². The molecular weight excluding hydrogens is 415 g/mol. The van der Waals surface area contributed by atoms with E-state index in [1.54, 1.807) is 54.6 Å². The third-order valence-electron chi connectivity index (χ3n) is 4.68. The Balaban J connectivity index is 1.48. The highest BCUT2D eigenvalue weighted by Crippen LogP contribution is 2.39. The number of para-hydroxylation sites is 2. The monoisotopic (exact) mass is 434 g/mol. The summed E-state index contributed by atoms with van der Waals surface area (Å²) in [4.78, 5) is 14.7. The molecule has 0 aromatic heterocycles. The van der Waals surface area contributed by atoms with E-state index < -0.39 is 0 Å². The second-order valence-electron chi connectivity index (χ2n) is 6.68. The largest absolute Gasteiger partial charge is 0.495 e. The van der Waals surface area contributed by atoms with E-state index >= 15 is 0 Å². The molecule has 1 amide bonds. The van der Waals surface area contributed by atoms with E-state index in [0.29, 0.717) is 27.7 Å². The van der Waals surface area contributed by atoms with Crippen molar-refractivity contribution in [3.05, 3.63) is 94.6 Å². The van der Waals surface area contributed by atoms with Crippen LogP contribution in [0, 0.1) is 11.2 Å². The third-order valence-corrected chi connectivity index (χ3v) is 5.57. The molecule has 1 aliphatic heterocycles. The van der Waals surface area contributed by atoms with E-state index in [-0.39, 0.29) is 23.5 Å². The first-order valence-electron chi connectivity index (χ1n) is 9.48. The Labute approximate surface area is 183 Å². The van der Waals surface area contributed by atoms with Crippen LogP contribution in [-0.4, -0.2) is 18.2 Å². The molecule has 0 aliphatic carbocycles. The number of amides is 1. The van der Waals surface area contributed by atoms with Gasteiger partial charge in [0.1, 0.15) is 23.9 Å². The highest BCUT2D eigenvalue weighted by molar-refractivity contribution is 8.19. The Hall–Kier alpha value is -3.58. The molecule has 1 aliphatic rings. The van der Waals surface area contributed by atoms with E-state index in [9.17, 15) is 9.18 Å². The molecule has 1 heterocycles. The molecule has 0 bridgehead atoms. The van der Waals surface area contributed by atoms with Gasteiger partial charge in [-0.25, -0.2) is 4.39 Å². The molecule has 0 saturated carbocycles. The number of methoxy groups -OCH3 is 1. The fourth-order valence-corrected chi connectivity index (χ4v) is 3.96. The highest BCUT2D eigenvalue weighted by Gasteiger charge is 2.35. The lowest BCUT2D eigenvalue weighted by Gasteiger charge is -2.17. The predicted octanol–water partition coefficient (Wildman–Crippen LogP) is 5.47. The van der Waals surface area contributed by atoms with Crippen LogP contribution >= 0.6 is 11.8 Å². The molecule has 3 aromatic carbocycles.